The van der Waals surface area contributed by atoms with Crippen LogP contribution in [0.3, 0.4) is 0 Å². The SMILES string of the molecule is CC(=O)c1cccc(NC(=O)CNC(=O)Cc2ccccc2F)c1. The first-order chi connectivity index (χ1) is 11.5. The average molecular weight is 328 g/mol. The second-order valence-electron chi connectivity index (χ2n) is 5.23. The molecule has 2 aromatic carbocycles. The van der Waals surface area contributed by atoms with E-state index in [1.165, 1.54) is 19.1 Å². The number of rotatable bonds is 6. The number of ketones is 1. The molecule has 2 amide bonds. The van der Waals surface area contributed by atoms with Gasteiger partial charge in [-0.05, 0) is 30.7 Å². The van der Waals surface area contributed by atoms with E-state index >= 15 is 0 Å². The number of carbonyl (C=O) groups is 3. The van der Waals surface area contributed by atoms with E-state index in [1.807, 2.05) is 0 Å². The lowest BCUT2D eigenvalue weighted by molar-refractivity contribution is -0.123. The highest BCUT2D eigenvalue weighted by Gasteiger charge is 2.10. The molecule has 24 heavy (non-hydrogen) atoms. The van der Waals surface area contributed by atoms with Crippen molar-refractivity contribution in [1.82, 2.24) is 5.32 Å². The minimum Gasteiger partial charge on any atom is -0.347 e. The highest BCUT2D eigenvalue weighted by Crippen LogP contribution is 2.11. The molecule has 0 radical (unpaired) electrons. The molecule has 0 spiro atoms. The van der Waals surface area contributed by atoms with E-state index in [-0.39, 0.29) is 24.3 Å². The summed E-state index contributed by atoms with van der Waals surface area (Å²) in [6, 6.07) is 12.5. The maximum atomic E-state index is 13.5. The fraction of sp³-hybridized carbons (Fsp3) is 0.167. The first-order valence-corrected chi connectivity index (χ1v) is 7.36. The molecular formula is C18H17FN2O3. The Morgan fingerprint density at radius 3 is 2.46 bits per heavy atom. The Morgan fingerprint density at radius 1 is 1.00 bits per heavy atom. The normalized spacial score (nSPS) is 10.1. The maximum absolute atomic E-state index is 13.5. The van der Waals surface area contributed by atoms with Gasteiger partial charge in [-0.1, -0.05) is 30.3 Å². The standard InChI is InChI=1S/C18H17FN2O3/c1-12(22)13-6-4-7-15(9-13)21-18(24)11-20-17(23)10-14-5-2-3-8-16(14)19/h2-9H,10-11H2,1H3,(H,20,23)(H,21,24). The van der Waals surface area contributed by atoms with Crippen molar-refractivity contribution in [3.8, 4) is 0 Å². The van der Waals surface area contributed by atoms with Crippen molar-refractivity contribution in [2.45, 2.75) is 13.3 Å². The second-order valence-corrected chi connectivity index (χ2v) is 5.23. The Labute approximate surface area is 138 Å². The largest absolute Gasteiger partial charge is 0.347 e. The number of halogens is 1. The molecule has 0 fully saturated rings. The summed E-state index contributed by atoms with van der Waals surface area (Å²) in [6.45, 7) is 1.20. The second kappa shape index (κ2) is 8.01. The van der Waals surface area contributed by atoms with Crippen molar-refractivity contribution in [2.24, 2.45) is 0 Å². The molecule has 2 aromatic rings. The van der Waals surface area contributed by atoms with Crippen molar-refractivity contribution < 1.29 is 18.8 Å². The van der Waals surface area contributed by atoms with Crippen LogP contribution in [-0.4, -0.2) is 24.1 Å². The molecule has 0 aromatic heterocycles. The van der Waals surface area contributed by atoms with Crippen molar-refractivity contribution in [1.29, 1.82) is 0 Å². The molecule has 0 heterocycles. The fourth-order valence-corrected chi connectivity index (χ4v) is 2.08. The Balaban J connectivity index is 1.85. The van der Waals surface area contributed by atoms with Crippen molar-refractivity contribution in [3.05, 3.63) is 65.5 Å². The molecule has 124 valence electrons. The van der Waals surface area contributed by atoms with Gasteiger partial charge in [0, 0.05) is 11.3 Å². The zero-order valence-corrected chi connectivity index (χ0v) is 13.1. The van der Waals surface area contributed by atoms with Crippen LogP contribution >= 0.6 is 0 Å². The first-order valence-electron chi connectivity index (χ1n) is 7.36. The van der Waals surface area contributed by atoms with Gasteiger partial charge < -0.3 is 10.6 Å². The third-order valence-electron chi connectivity index (χ3n) is 3.31. The molecule has 5 nitrogen and oxygen atoms in total. The van der Waals surface area contributed by atoms with E-state index in [4.69, 9.17) is 0 Å². The number of benzene rings is 2. The average Bonchev–Trinajstić information content (AvgIpc) is 2.55. The van der Waals surface area contributed by atoms with Crippen LogP contribution in [0.15, 0.2) is 48.5 Å². The zero-order chi connectivity index (χ0) is 17.5. The van der Waals surface area contributed by atoms with Crippen molar-refractivity contribution in [3.63, 3.8) is 0 Å². The van der Waals surface area contributed by atoms with Crippen LogP contribution in [-0.2, 0) is 16.0 Å². The lowest BCUT2D eigenvalue weighted by atomic mass is 10.1. The number of anilines is 1. The molecule has 6 heteroatoms. The summed E-state index contributed by atoms with van der Waals surface area (Å²) in [5.41, 5.74) is 1.22. The summed E-state index contributed by atoms with van der Waals surface area (Å²) in [7, 11) is 0. The van der Waals surface area contributed by atoms with Crippen LogP contribution in [0.25, 0.3) is 0 Å². The summed E-state index contributed by atoms with van der Waals surface area (Å²) in [6.07, 6.45) is -0.139. The van der Waals surface area contributed by atoms with E-state index in [0.717, 1.165) is 0 Å². The summed E-state index contributed by atoms with van der Waals surface area (Å²) in [5.74, 6) is -1.45. The topological polar surface area (TPSA) is 75.3 Å². The Morgan fingerprint density at radius 2 is 1.75 bits per heavy atom. The van der Waals surface area contributed by atoms with E-state index in [0.29, 0.717) is 11.3 Å². The van der Waals surface area contributed by atoms with Crippen molar-refractivity contribution >= 4 is 23.3 Å². The molecule has 0 atom stereocenters. The Kier molecular flexibility index (Phi) is 5.78. The molecule has 2 N–H and O–H groups in total. The summed E-state index contributed by atoms with van der Waals surface area (Å²) in [5, 5.41) is 5.02. The molecule has 0 bridgehead atoms. The van der Waals surface area contributed by atoms with Gasteiger partial charge in [-0.3, -0.25) is 14.4 Å². The monoisotopic (exact) mass is 328 g/mol. The van der Waals surface area contributed by atoms with Crippen LogP contribution in [0.5, 0.6) is 0 Å². The number of amides is 2. The molecule has 0 aliphatic heterocycles. The fourth-order valence-electron chi connectivity index (χ4n) is 2.08. The molecule has 0 aliphatic carbocycles. The Bertz CT molecular complexity index is 774. The molecule has 0 aliphatic rings. The quantitative estimate of drug-likeness (QED) is 0.799. The van der Waals surface area contributed by atoms with E-state index < -0.39 is 17.6 Å². The maximum Gasteiger partial charge on any atom is 0.243 e. The van der Waals surface area contributed by atoms with Gasteiger partial charge in [0.1, 0.15) is 5.82 Å². The third kappa shape index (κ3) is 5.01. The zero-order valence-electron chi connectivity index (χ0n) is 13.1. The van der Waals surface area contributed by atoms with Gasteiger partial charge in [0.2, 0.25) is 11.8 Å². The highest BCUT2D eigenvalue weighted by atomic mass is 19.1. The van der Waals surface area contributed by atoms with Gasteiger partial charge in [-0.2, -0.15) is 0 Å². The predicted molar refractivity (Wildman–Crippen MR) is 88.2 cm³/mol. The number of carbonyl (C=O) groups excluding carboxylic acids is 3. The number of hydrogen-bond donors (Lipinski definition) is 2. The van der Waals surface area contributed by atoms with E-state index in [2.05, 4.69) is 10.6 Å². The van der Waals surface area contributed by atoms with Crippen LogP contribution in [0, 0.1) is 5.82 Å². The van der Waals surface area contributed by atoms with Gasteiger partial charge in [0.05, 0.1) is 13.0 Å². The number of Topliss-reactive ketones (excluding diaryl/α,β-unsaturated/α-hetero) is 1. The van der Waals surface area contributed by atoms with Crippen LogP contribution in [0.1, 0.15) is 22.8 Å². The highest BCUT2D eigenvalue weighted by molar-refractivity contribution is 5.98. The van der Waals surface area contributed by atoms with Crippen LogP contribution in [0.4, 0.5) is 10.1 Å². The Hall–Kier alpha value is -3.02. The minimum absolute atomic E-state index is 0.107. The van der Waals surface area contributed by atoms with E-state index in [1.54, 1.807) is 36.4 Å². The molecule has 0 saturated carbocycles. The molecule has 0 unspecified atom stereocenters. The summed E-state index contributed by atoms with van der Waals surface area (Å²) >= 11 is 0. The minimum atomic E-state index is -0.460. The molecular weight excluding hydrogens is 311 g/mol. The van der Waals surface area contributed by atoms with Crippen LogP contribution in [0.2, 0.25) is 0 Å². The smallest absolute Gasteiger partial charge is 0.243 e. The van der Waals surface area contributed by atoms with Gasteiger partial charge >= 0.3 is 0 Å². The summed E-state index contributed by atoms with van der Waals surface area (Å²) < 4.78 is 13.5. The van der Waals surface area contributed by atoms with Crippen molar-refractivity contribution in [2.75, 3.05) is 11.9 Å². The third-order valence-corrected chi connectivity index (χ3v) is 3.31. The molecule has 2 rings (SSSR count). The summed E-state index contributed by atoms with van der Waals surface area (Å²) in [4.78, 5) is 34.9. The van der Waals surface area contributed by atoms with E-state index in [9.17, 15) is 18.8 Å². The van der Waals surface area contributed by atoms with Gasteiger partial charge in [0.15, 0.2) is 5.78 Å². The van der Waals surface area contributed by atoms with Gasteiger partial charge in [-0.15, -0.1) is 0 Å². The van der Waals surface area contributed by atoms with Crippen LogP contribution < -0.4 is 10.6 Å². The number of hydrogen-bond acceptors (Lipinski definition) is 3. The molecule has 0 saturated heterocycles. The predicted octanol–water partition coefficient (Wildman–Crippen LogP) is 2.33. The first kappa shape index (κ1) is 17.3. The van der Waals surface area contributed by atoms with Gasteiger partial charge in [-0.25, -0.2) is 4.39 Å². The lowest BCUT2D eigenvalue weighted by Crippen LogP contribution is -2.33. The van der Waals surface area contributed by atoms with Gasteiger partial charge in [0.25, 0.3) is 0 Å². The lowest BCUT2D eigenvalue weighted by Gasteiger charge is -2.08. The number of nitrogens with one attached hydrogen (secondary N) is 2.